The van der Waals surface area contributed by atoms with E-state index in [0.717, 1.165) is 0 Å². The first kappa shape index (κ1) is 9.23. The number of aromatic nitrogens is 1. The predicted molar refractivity (Wildman–Crippen MR) is 66.9 cm³/mol. The van der Waals surface area contributed by atoms with E-state index in [9.17, 15) is 0 Å². The highest BCUT2D eigenvalue weighted by Crippen LogP contribution is 2.24. The van der Waals surface area contributed by atoms with Crippen LogP contribution in [0.15, 0.2) is 48.5 Å². The molecule has 0 aliphatic carbocycles. The lowest BCUT2D eigenvalue weighted by Gasteiger charge is -1.87. The molecular weight excluding hydrogens is 189 g/mol. The second-order valence-electron chi connectivity index (χ2n) is 3.22. The summed E-state index contributed by atoms with van der Waals surface area (Å²) in [6.07, 6.45) is 0. The van der Waals surface area contributed by atoms with Crippen molar-refractivity contribution in [1.82, 2.24) is 4.98 Å². The Labute approximate surface area is 85.8 Å². The fraction of sp³-hybridized carbons (Fsp3) is 0. The molecule has 0 saturated heterocycles. The summed E-state index contributed by atoms with van der Waals surface area (Å²) in [5.74, 6) is 0. The molecule has 14 heavy (non-hydrogen) atoms. The fourth-order valence-corrected chi connectivity index (χ4v) is 1.80. The van der Waals surface area contributed by atoms with Crippen molar-refractivity contribution in [3.05, 3.63) is 48.5 Å². The number of fused-ring (bicyclic) bond motifs is 3. The Balaban J connectivity index is 0.000000750. The lowest BCUT2D eigenvalue weighted by Crippen LogP contribution is -1.62. The van der Waals surface area contributed by atoms with Gasteiger partial charge in [-0.05, 0) is 12.1 Å². The molecule has 1 unspecified atom stereocenters. The summed E-state index contributed by atoms with van der Waals surface area (Å²) in [5.41, 5.74) is 2.42. The number of hydrogen-bond donors (Lipinski definition) is 1. The standard InChI is InChI=1S/C12H9N.H3P/c1-3-7-11-9(5-1)10-6-2-4-8-12(10)13-11;/h1-8,13H;1H3. The number of aromatic amines is 1. The highest BCUT2D eigenvalue weighted by Gasteiger charge is 2.00. The number of benzene rings is 2. The fourth-order valence-electron chi connectivity index (χ4n) is 1.80. The topological polar surface area (TPSA) is 15.8 Å². The van der Waals surface area contributed by atoms with Gasteiger partial charge in [0, 0.05) is 21.8 Å². The van der Waals surface area contributed by atoms with Crippen molar-refractivity contribution in [2.24, 2.45) is 0 Å². The van der Waals surface area contributed by atoms with Gasteiger partial charge in [0.15, 0.2) is 0 Å². The third-order valence-electron chi connectivity index (χ3n) is 2.41. The second-order valence-corrected chi connectivity index (χ2v) is 3.22. The third kappa shape index (κ3) is 1.21. The van der Waals surface area contributed by atoms with Crippen LogP contribution in [0, 0.1) is 0 Å². The summed E-state index contributed by atoms with van der Waals surface area (Å²) in [6.45, 7) is 0. The summed E-state index contributed by atoms with van der Waals surface area (Å²) >= 11 is 0. The van der Waals surface area contributed by atoms with Crippen LogP contribution in [-0.4, -0.2) is 4.98 Å². The zero-order valence-electron chi connectivity index (χ0n) is 7.83. The summed E-state index contributed by atoms with van der Waals surface area (Å²) < 4.78 is 0. The van der Waals surface area contributed by atoms with Crippen LogP contribution >= 0.6 is 9.90 Å². The molecule has 0 amide bonds. The zero-order valence-corrected chi connectivity index (χ0v) is 9.24. The van der Waals surface area contributed by atoms with E-state index in [0.29, 0.717) is 0 Å². The molecule has 1 N–H and O–H groups in total. The summed E-state index contributed by atoms with van der Waals surface area (Å²) in [7, 11) is 0. The van der Waals surface area contributed by atoms with Crippen molar-refractivity contribution in [2.75, 3.05) is 0 Å². The average molecular weight is 201 g/mol. The first-order valence-corrected chi connectivity index (χ1v) is 4.40. The second kappa shape index (κ2) is 3.43. The number of para-hydroxylation sites is 2. The summed E-state index contributed by atoms with van der Waals surface area (Å²) in [4.78, 5) is 3.38. The van der Waals surface area contributed by atoms with Crippen molar-refractivity contribution in [2.45, 2.75) is 0 Å². The summed E-state index contributed by atoms with van der Waals surface area (Å²) in [5, 5.41) is 2.61. The molecule has 0 spiro atoms. The van der Waals surface area contributed by atoms with E-state index in [4.69, 9.17) is 0 Å². The van der Waals surface area contributed by atoms with Crippen molar-refractivity contribution >= 4 is 31.7 Å². The monoisotopic (exact) mass is 201 g/mol. The number of H-pyrrole nitrogens is 1. The molecule has 70 valence electrons. The van der Waals surface area contributed by atoms with E-state index in [2.05, 4.69) is 53.5 Å². The largest absolute Gasteiger partial charge is 0.355 e. The van der Waals surface area contributed by atoms with Crippen molar-refractivity contribution in [1.29, 1.82) is 0 Å². The molecule has 3 rings (SSSR count). The Hall–Kier alpha value is -1.33. The van der Waals surface area contributed by atoms with Gasteiger partial charge in [0.05, 0.1) is 0 Å². The van der Waals surface area contributed by atoms with Gasteiger partial charge >= 0.3 is 0 Å². The van der Waals surface area contributed by atoms with Crippen molar-refractivity contribution in [3.8, 4) is 0 Å². The summed E-state index contributed by atoms with van der Waals surface area (Å²) in [6, 6.07) is 16.8. The number of nitrogens with one attached hydrogen (secondary N) is 1. The molecule has 0 bridgehead atoms. The highest BCUT2D eigenvalue weighted by molar-refractivity contribution is 6.92. The maximum absolute atomic E-state index is 3.38. The van der Waals surface area contributed by atoms with Crippen LogP contribution in [-0.2, 0) is 0 Å². The van der Waals surface area contributed by atoms with Crippen LogP contribution in [0.2, 0.25) is 0 Å². The van der Waals surface area contributed by atoms with E-state index in [-0.39, 0.29) is 9.90 Å². The van der Waals surface area contributed by atoms with Gasteiger partial charge in [0.1, 0.15) is 0 Å². The molecule has 2 heteroatoms. The smallest absolute Gasteiger partial charge is 0.0464 e. The Bertz CT molecular complexity index is 518. The Morgan fingerprint density at radius 1 is 0.643 bits per heavy atom. The SMILES string of the molecule is P.c1ccc2c(c1)[nH]c1ccccc12. The van der Waals surface area contributed by atoms with E-state index in [1.54, 1.807) is 0 Å². The Morgan fingerprint density at radius 2 is 1.07 bits per heavy atom. The molecule has 0 aliphatic heterocycles. The molecule has 3 aromatic rings. The molecule has 2 aromatic carbocycles. The maximum atomic E-state index is 3.38. The van der Waals surface area contributed by atoms with Gasteiger partial charge in [-0.25, -0.2) is 0 Å². The van der Waals surface area contributed by atoms with Gasteiger partial charge in [0.25, 0.3) is 0 Å². The van der Waals surface area contributed by atoms with Gasteiger partial charge in [-0.2, -0.15) is 9.90 Å². The Kier molecular flexibility index (Phi) is 2.26. The molecule has 0 fully saturated rings. The average Bonchev–Trinajstić information content (AvgIpc) is 2.56. The molecule has 0 saturated carbocycles. The maximum Gasteiger partial charge on any atom is 0.0464 e. The van der Waals surface area contributed by atoms with Crippen LogP contribution in [0.25, 0.3) is 21.8 Å². The molecule has 0 aliphatic rings. The minimum Gasteiger partial charge on any atom is -0.355 e. The first-order valence-electron chi connectivity index (χ1n) is 4.40. The van der Waals surface area contributed by atoms with Crippen LogP contribution in [0.3, 0.4) is 0 Å². The minimum absolute atomic E-state index is 0. The van der Waals surface area contributed by atoms with Gasteiger partial charge in [0.2, 0.25) is 0 Å². The molecule has 1 aromatic heterocycles. The van der Waals surface area contributed by atoms with Gasteiger partial charge in [-0.3, -0.25) is 0 Å². The van der Waals surface area contributed by atoms with Crippen LogP contribution in [0.5, 0.6) is 0 Å². The molecule has 1 nitrogen and oxygen atoms in total. The lowest BCUT2D eigenvalue weighted by atomic mass is 10.2. The van der Waals surface area contributed by atoms with E-state index in [1.807, 2.05) is 0 Å². The van der Waals surface area contributed by atoms with E-state index < -0.39 is 0 Å². The van der Waals surface area contributed by atoms with E-state index in [1.165, 1.54) is 21.8 Å². The Morgan fingerprint density at radius 3 is 1.57 bits per heavy atom. The molecule has 0 radical (unpaired) electrons. The number of hydrogen-bond acceptors (Lipinski definition) is 0. The van der Waals surface area contributed by atoms with Gasteiger partial charge in [-0.1, -0.05) is 36.4 Å². The van der Waals surface area contributed by atoms with Crippen molar-refractivity contribution < 1.29 is 0 Å². The van der Waals surface area contributed by atoms with Gasteiger partial charge in [-0.15, -0.1) is 0 Å². The quantitative estimate of drug-likeness (QED) is 0.537. The third-order valence-corrected chi connectivity index (χ3v) is 2.41. The van der Waals surface area contributed by atoms with Gasteiger partial charge < -0.3 is 4.98 Å². The van der Waals surface area contributed by atoms with E-state index >= 15 is 0 Å². The molecule has 1 heterocycles. The zero-order chi connectivity index (χ0) is 8.67. The minimum atomic E-state index is 0. The normalized spacial score (nSPS) is 10.3. The highest BCUT2D eigenvalue weighted by atomic mass is 31.0. The van der Waals surface area contributed by atoms with Crippen molar-refractivity contribution in [3.63, 3.8) is 0 Å². The van der Waals surface area contributed by atoms with Crippen LogP contribution < -0.4 is 0 Å². The molecular formula is C12H12NP. The first-order chi connectivity index (χ1) is 6.45. The molecule has 1 atom stereocenters. The van der Waals surface area contributed by atoms with Crippen LogP contribution in [0.1, 0.15) is 0 Å². The number of rotatable bonds is 0. The van der Waals surface area contributed by atoms with Crippen LogP contribution in [0.4, 0.5) is 0 Å². The lowest BCUT2D eigenvalue weighted by molar-refractivity contribution is 1.55. The predicted octanol–water partition coefficient (Wildman–Crippen LogP) is 3.38.